The lowest BCUT2D eigenvalue weighted by atomic mass is 10.1. The predicted molar refractivity (Wildman–Crippen MR) is 87.3 cm³/mol. The van der Waals surface area contributed by atoms with Crippen LogP contribution >= 0.6 is 23.4 Å². The number of hydrogen-bond donors (Lipinski definition) is 2. The van der Waals surface area contributed by atoms with Gasteiger partial charge in [-0.1, -0.05) is 30.4 Å². The van der Waals surface area contributed by atoms with Crippen molar-refractivity contribution in [2.75, 3.05) is 18.6 Å². The van der Waals surface area contributed by atoms with Crippen molar-refractivity contribution in [2.45, 2.75) is 19.4 Å². The molecule has 0 aliphatic carbocycles. The Bertz CT molecular complexity index is 522. The first kappa shape index (κ1) is 16.9. The molecular weight excluding hydrogens is 292 g/mol. The molecule has 3 nitrogen and oxygen atoms in total. The zero-order chi connectivity index (χ0) is 15.0. The number of halogens is 1. The van der Waals surface area contributed by atoms with Crippen molar-refractivity contribution in [1.82, 2.24) is 5.32 Å². The predicted octanol–water partition coefficient (Wildman–Crippen LogP) is 2.52. The smallest absolute Gasteiger partial charge is 0.251 e. The minimum Gasteiger partial charge on any atom is -0.348 e. The van der Waals surface area contributed by atoms with Crippen molar-refractivity contribution in [3.05, 3.63) is 34.3 Å². The molecule has 20 heavy (non-hydrogen) atoms. The van der Waals surface area contributed by atoms with E-state index in [1.54, 1.807) is 30.0 Å². The Morgan fingerprint density at radius 1 is 1.55 bits per heavy atom. The summed E-state index contributed by atoms with van der Waals surface area (Å²) in [6, 6.07) is 5.29. The quantitative estimate of drug-likeness (QED) is 0.822. The fraction of sp³-hybridized carbons (Fsp3) is 0.400. The Labute approximate surface area is 129 Å². The average Bonchev–Trinajstić information content (AvgIpc) is 2.45. The molecule has 0 heterocycles. The molecule has 0 fully saturated rings. The molecule has 1 amide bonds. The zero-order valence-electron chi connectivity index (χ0n) is 11.7. The number of hydrogen-bond acceptors (Lipinski definition) is 3. The summed E-state index contributed by atoms with van der Waals surface area (Å²) in [4.78, 5) is 12.1. The van der Waals surface area contributed by atoms with Gasteiger partial charge in [-0.3, -0.25) is 4.79 Å². The lowest BCUT2D eigenvalue weighted by molar-refractivity contribution is 0.0940. The number of carbonyl (C=O) groups is 1. The Balaban J connectivity index is 2.81. The molecule has 108 valence electrons. The second-order valence-corrected chi connectivity index (χ2v) is 5.55. The van der Waals surface area contributed by atoms with Gasteiger partial charge in [-0.15, -0.1) is 0 Å². The van der Waals surface area contributed by atoms with Gasteiger partial charge in [-0.25, -0.2) is 0 Å². The molecule has 0 aromatic heterocycles. The first-order valence-electron chi connectivity index (χ1n) is 6.40. The van der Waals surface area contributed by atoms with E-state index in [0.717, 1.165) is 12.2 Å². The molecule has 1 unspecified atom stereocenters. The van der Waals surface area contributed by atoms with Crippen LogP contribution in [0, 0.1) is 11.8 Å². The zero-order valence-corrected chi connectivity index (χ0v) is 13.3. The van der Waals surface area contributed by atoms with Crippen LogP contribution in [0.5, 0.6) is 0 Å². The third kappa shape index (κ3) is 5.09. The summed E-state index contributed by atoms with van der Waals surface area (Å²) in [5.41, 5.74) is 6.55. The van der Waals surface area contributed by atoms with Crippen LogP contribution < -0.4 is 11.1 Å². The molecule has 1 rings (SSSR count). The van der Waals surface area contributed by atoms with Crippen LogP contribution in [0.1, 0.15) is 29.3 Å². The first-order valence-corrected chi connectivity index (χ1v) is 8.17. The Hall–Kier alpha value is -1.15. The number of carbonyl (C=O) groups excluding carboxylic acids is 1. The normalized spacial score (nSPS) is 11.4. The van der Waals surface area contributed by atoms with Crippen molar-refractivity contribution in [3.63, 3.8) is 0 Å². The largest absolute Gasteiger partial charge is 0.348 e. The van der Waals surface area contributed by atoms with Gasteiger partial charge in [-0.05, 0) is 30.9 Å². The highest BCUT2D eigenvalue weighted by Gasteiger charge is 2.12. The molecule has 0 saturated carbocycles. The van der Waals surface area contributed by atoms with Crippen LogP contribution in [-0.4, -0.2) is 30.5 Å². The maximum absolute atomic E-state index is 12.1. The molecule has 1 aromatic carbocycles. The molecule has 0 saturated heterocycles. The van der Waals surface area contributed by atoms with Crippen molar-refractivity contribution < 1.29 is 4.79 Å². The number of amides is 1. The maximum atomic E-state index is 12.1. The van der Waals surface area contributed by atoms with Gasteiger partial charge in [0.1, 0.15) is 0 Å². The topological polar surface area (TPSA) is 55.1 Å². The summed E-state index contributed by atoms with van der Waals surface area (Å²) in [7, 11) is 0. The lowest BCUT2D eigenvalue weighted by Crippen LogP contribution is -2.36. The summed E-state index contributed by atoms with van der Waals surface area (Å²) >= 11 is 7.83. The Morgan fingerprint density at radius 3 is 2.85 bits per heavy atom. The van der Waals surface area contributed by atoms with Crippen LogP contribution in [-0.2, 0) is 0 Å². The fourth-order valence-electron chi connectivity index (χ4n) is 1.64. The van der Waals surface area contributed by atoms with E-state index in [-0.39, 0.29) is 18.5 Å². The van der Waals surface area contributed by atoms with Crippen LogP contribution in [0.15, 0.2) is 18.2 Å². The van der Waals surface area contributed by atoms with E-state index in [1.807, 2.05) is 6.26 Å². The monoisotopic (exact) mass is 310 g/mol. The van der Waals surface area contributed by atoms with Crippen LogP contribution in [0.4, 0.5) is 0 Å². The van der Waals surface area contributed by atoms with Crippen molar-refractivity contribution in [3.8, 4) is 11.8 Å². The summed E-state index contributed by atoms with van der Waals surface area (Å²) in [6.45, 7) is 2.34. The number of rotatable bonds is 5. The van der Waals surface area contributed by atoms with Crippen molar-refractivity contribution in [1.29, 1.82) is 0 Å². The van der Waals surface area contributed by atoms with Gasteiger partial charge in [0.15, 0.2) is 0 Å². The highest BCUT2D eigenvalue weighted by Crippen LogP contribution is 2.17. The standard InChI is InChI=1S/C15H19ClN2OS/c1-3-13(10-20-2)18-15(19)12-7-6-11(5-4-8-17)14(16)9-12/h6-7,9,13H,3,8,10,17H2,1-2H3,(H,18,19). The lowest BCUT2D eigenvalue weighted by Gasteiger charge is -2.15. The molecule has 0 radical (unpaired) electrons. The molecular formula is C15H19ClN2OS. The molecule has 5 heteroatoms. The second kappa shape index (κ2) is 8.91. The van der Waals surface area contributed by atoms with Gasteiger partial charge in [0, 0.05) is 22.9 Å². The molecule has 0 aliphatic heterocycles. The number of nitrogens with two attached hydrogens (primary N) is 1. The van der Waals surface area contributed by atoms with E-state index in [9.17, 15) is 4.79 Å². The molecule has 1 atom stereocenters. The molecule has 0 bridgehead atoms. The fourth-order valence-corrected chi connectivity index (χ4v) is 2.58. The summed E-state index contributed by atoms with van der Waals surface area (Å²) in [6.07, 6.45) is 2.93. The van der Waals surface area contributed by atoms with Crippen LogP contribution in [0.3, 0.4) is 0 Å². The van der Waals surface area contributed by atoms with E-state index in [2.05, 4.69) is 24.1 Å². The molecule has 1 aromatic rings. The highest BCUT2D eigenvalue weighted by molar-refractivity contribution is 7.98. The van der Waals surface area contributed by atoms with Gasteiger partial charge in [0.25, 0.3) is 5.91 Å². The van der Waals surface area contributed by atoms with Crippen molar-refractivity contribution in [2.24, 2.45) is 5.73 Å². The first-order chi connectivity index (χ1) is 9.62. The average molecular weight is 311 g/mol. The van der Waals surface area contributed by atoms with E-state index < -0.39 is 0 Å². The molecule has 0 aliphatic rings. The van der Waals surface area contributed by atoms with E-state index in [4.69, 9.17) is 17.3 Å². The third-order valence-electron chi connectivity index (χ3n) is 2.75. The van der Waals surface area contributed by atoms with Crippen molar-refractivity contribution >= 4 is 29.3 Å². The van der Waals surface area contributed by atoms with E-state index in [1.165, 1.54) is 0 Å². The van der Waals surface area contributed by atoms with Gasteiger partial charge < -0.3 is 11.1 Å². The van der Waals surface area contributed by atoms with Gasteiger partial charge in [-0.2, -0.15) is 11.8 Å². The Morgan fingerprint density at radius 2 is 2.30 bits per heavy atom. The van der Waals surface area contributed by atoms with Gasteiger partial charge in [0.2, 0.25) is 0 Å². The van der Waals surface area contributed by atoms with Gasteiger partial charge >= 0.3 is 0 Å². The highest BCUT2D eigenvalue weighted by atomic mass is 35.5. The molecule has 0 spiro atoms. The van der Waals surface area contributed by atoms with Crippen LogP contribution in [0.25, 0.3) is 0 Å². The number of benzene rings is 1. The van der Waals surface area contributed by atoms with E-state index in [0.29, 0.717) is 16.1 Å². The minimum atomic E-state index is -0.105. The second-order valence-electron chi connectivity index (χ2n) is 4.23. The summed E-state index contributed by atoms with van der Waals surface area (Å²) < 4.78 is 0. The SMILES string of the molecule is CCC(CSC)NC(=O)c1ccc(C#CCN)c(Cl)c1. The van der Waals surface area contributed by atoms with Gasteiger partial charge in [0.05, 0.1) is 11.6 Å². The maximum Gasteiger partial charge on any atom is 0.251 e. The summed E-state index contributed by atoms with van der Waals surface area (Å²) in [5, 5.41) is 3.47. The third-order valence-corrected chi connectivity index (χ3v) is 3.80. The van der Waals surface area contributed by atoms with E-state index >= 15 is 0 Å². The molecule has 3 N–H and O–H groups in total. The minimum absolute atomic E-state index is 0.105. The number of nitrogens with one attached hydrogen (secondary N) is 1. The Kier molecular flexibility index (Phi) is 7.53. The van der Waals surface area contributed by atoms with Crippen LogP contribution in [0.2, 0.25) is 5.02 Å². The summed E-state index contributed by atoms with van der Waals surface area (Å²) in [5.74, 6) is 6.40. The number of thioether (sulfide) groups is 1.